The number of hydrogen-bond acceptors (Lipinski definition) is 7. The average molecular weight is 339 g/mol. The molecule has 0 aliphatic carbocycles. The van der Waals surface area contributed by atoms with E-state index in [-0.39, 0.29) is 5.92 Å². The van der Waals surface area contributed by atoms with E-state index in [2.05, 4.69) is 25.1 Å². The van der Waals surface area contributed by atoms with Crippen LogP contribution in [0.3, 0.4) is 0 Å². The van der Waals surface area contributed by atoms with Gasteiger partial charge in [-0.3, -0.25) is 4.98 Å². The minimum Gasteiger partial charge on any atom is -0.354 e. The minimum absolute atomic E-state index is 0.231. The van der Waals surface area contributed by atoms with Crippen LogP contribution >= 0.6 is 0 Å². The minimum atomic E-state index is 0.231. The van der Waals surface area contributed by atoms with Gasteiger partial charge < -0.3 is 9.42 Å². The summed E-state index contributed by atoms with van der Waals surface area (Å²) in [5, 5.41) is 8.41. The Bertz CT molecular complexity index is 885. The maximum atomic E-state index is 5.36. The molecule has 3 aromatic rings. The molecule has 1 saturated heterocycles. The molecule has 1 aliphatic heterocycles. The molecule has 3 aromatic heterocycles. The maximum absolute atomic E-state index is 5.36. The molecule has 4 rings (SSSR count). The van der Waals surface area contributed by atoms with Crippen molar-refractivity contribution in [2.45, 2.75) is 39.5 Å². The second-order valence-electron chi connectivity index (χ2n) is 6.54. The van der Waals surface area contributed by atoms with Crippen LogP contribution in [-0.4, -0.2) is 43.0 Å². The van der Waals surface area contributed by atoms with E-state index < -0.39 is 0 Å². The first kappa shape index (κ1) is 15.7. The Kier molecular flexibility index (Phi) is 3.95. The molecule has 0 N–H and O–H groups in total. The Morgan fingerprint density at radius 1 is 1.12 bits per heavy atom. The van der Waals surface area contributed by atoms with Gasteiger partial charge in [0.15, 0.2) is 11.6 Å². The summed E-state index contributed by atoms with van der Waals surface area (Å²) in [7, 11) is 0. The fourth-order valence-corrected chi connectivity index (χ4v) is 3.33. The monoisotopic (exact) mass is 339 g/mol. The van der Waals surface area contributed by atoms with E-state index in [1.807, 2.05) is 31.5 Å². The molecule has 0 aromatic carbocycles. The molecule has 0 amide bonds. The van der Waals surface area contributed by atoms with Gasteiger partial charge in [-0.2, -0.15) is 10.1 Å². The molecule has 0 spiro atoms. The number of aromatic nitrogens is 6. The number of nitrogens with zero attached hydrogens (tertiary/aromatic N) is 7. The molecule has 1 unspecified atom stereocenters. The Labute approximate surface area is 145 Å². The lowest BCUT2D eigenvalue weighted by Crippen LogP contribution is -2.35. The van der Waals surface area contributed by atoms with E-state index in [1.54, 1.807) is 12.4 Å². The van der Waals surface area contributed by atoms with Crippen molar-refractivity contribution < 1.29 is 4.52 Å². The maximum Gasteiger partial charge on any atom is 0.231 e. The SMILES string of the molecule is Cc1cc(C)n(-c2cncc(N3CCCC(c4nc(C)no4)C3)n2)n1. The van der Waals surface area contributed by atoms with Gasteiger partial charge in [0.25, 0.3) is 0 Å². The van der Waals surface area contributed by atoms with Gasteiger partial charge in [0, 0.05) is 18.8 Å². The predicted octanol–water partition coefficient (Wildman–Crippen LogP) is 2.35. The fraction of sp³-hybridized carbons (Fsp3) is 0.471. The van der Waals surface area contributed by atoms with Crippen molar-refractivity contribution in [2.75, 3.05) is 18.0 Å². The molecule has 1 atom stereocenters. The Morgan fingerprint density at radius 3 is 2.68 bits per heavy atom. The largest absolute Gasteiger partial charge is 0.354 e. The summed E-state index contributed by atoms with van der Waals surface area (Å²) in [4.78, 5) is 15.8. The number of piperidine rings is 1. The summed E-state index contributed by atoms with van der Waals surface area (Å²) < 4.78 is 7.19. The fourth-order valence-electron chi connectivity index (χ4n) is 3.33. The highest BCUT2D eigenvalue weighted by Gasteiger charge is 2.26. The van der Waals surface area contributed by atoms with Gasteiger partial charge in [0.1, 0.15) is 5.82 Å². The molecule has 0 radical (unpaired) electrons. The Hall–Kier alpha value is -2.77. The van der Waals surface area contributed by atoms with Gasteiger partial charge in [0.2, 0.25) is 5.89 Å². The third kappa shape index (κ3) is 3.11. The van der Waals surface area contributed by atoms with Crippen molar-refractivity contribution in [3.05, 3.63) is 41.6 Å². The molecule has 0 saturated carbocycles. The second-order valence-corrected chi connectivity index (χ2v) is 6.54. The van der Waals surface area contributed by atoms with Gasteiger partial charge >= 0.3 is 0 Å². The Balaban J connectivity index is 1.59. The molecule has 8 heteroatoms. The van der Waals surface area contributed by atoms with E-state index in [0.29, 0.717) is 11.7 Å². The third-order valence-electron chi connectivity index (χ3n) is 4.47. The van der Waals surface area contributed by atoms with Crippen LogP contribution in [0.25, 0.3) is 5.82 Å². The molecule has 4 heterocycles. The quantitative estimate of drug-likeness (QED) is 0.724. The predicted molar refractivity (Wildman–Crippen MR) is 91.9 cm³/mol. The third-order valence-corrected chi connectivity index (χ3v) is 4.47. The molecule has 1 fully saturated rings. The lowest BCUT2D eigenvalue weighted by atomic mass is 9.98. The van der Waals surface area contributed by atoms with E-state index in [1.165, 1.54) is 0 Å². The van der Waals surface area contributed by atoms with Gasteiger partial charge in [-0.15, -0.1) is 0 Å². The normalized spacial score (nSPS) is 17.9. The highest BCUT2D eigenvalue weighted by atomic mass is 16.5. The first-order valence-corrected chi connectivity index (χ1v) is 8.51. The highest BCUT2D eigenvalue weighted by Crippen LogP contribution is 2.28. The molecule has 25 heavy (non-hydrogen) atoms. The van der Waals surface area contributed by atoms with Crippen LogP contribution in [0.4, 0.5) is 5.82 Å². The van der Waals surface area contributed by atoms with Gasteiger partial charge in [-0.05, 0) is 39.7 Å². The van der Waals surface area contributed by atoms with E-state index in [9.17, 15) is 0 Å². The van der Waals surface area contributed by atoms with E-state index in [4.69, 9.17) is 9.51 Å². The topological polar surface area (TPSA) is 85.8 Å². The zero-order valence-corrected chi connectivity index (χ0v) is 14.7. The average Bonchev–Trinajstić information content (AvgIpc) is 3.20. The molecule has 8 nitrogen and oxygen atoms in total. The van der Waals surface area contributed by atoms with Crippen LogP contribution in [0.5, 0.6) is 0 Å². The van der Waals surface area contributed by atoms with Crippen molar-refractivity contribution in [1.82, 2.24) is 29.9 Å². The van der Waals surface area contributed by atoms with Crippen molar-refractivity contribution in [1.29, 1.82) is 0 Å². The smallest absolute Gasteiger partial charge is 0.231 e. The van der Waals surface area contributed by atoms with Crippen molar-refractivity contribution in [3.8, 4) is 5.82 Å². The van der Waals surface area contributed by atoms with Crippen LogP contribution in [-0.2, 0) is 0 Å². The number of aryl methyl sites for hydroxylation is 3. The first-order chi connectivity index (χ1) is 12.1. The first-order valence-electron chi connectivity index (χ1n) is 8.51. The van der Waals surface area contributed by atoms with Crippen LogP contribution in [0, 0.1) is 20.8 Å². The van der Waals surface area contributed by atoms with Crippen molar-refractivity contribution in [2.24, 2.45) is 0 Å². The standard InChI is InChI=1S/C17H21N7O/c1-11-7-12(2)24(21-11)16-9-18-8-15(20-16)23-6-4-5-14(10-23)17-19-13(3)22-25-17/h7-9,14H,4-6,10H2,1-3H3. The molecule has 0 bridgehead atoms. The summed E-state index contributed by atoms with van der Waals surface area (Å²) >= 11 is 0. The molecular formula is C17H21N7O. The summed E-state index contributed by atoms with van der Waals surface area (Å²) in [6.07, 6.45) is 5.64. The van der Waals surface area contributed by atoms with Gasteiger partial charge in [-0.25, -0.2) is 9.67 Å². The molecule has 1 aliphatic rings. The summed E-state index contributed by atoms with van der Waals surface area (Å²) in [5.41, 5.74) is 2.01. The molecule has 130 valence electrons. The lowest BCUT2D eigenvalue weighted by molar-refractivity contribution is 0.331. The van der Waals surface area contributed by atoms with Crippen molar-refractivity contribution in [3.63, 3.8) is 0 Å². The van der Waals surface area contributed by atoms with E-state index >= 15 is 0 Å². The Morgan fingerprint density at radius 2 is 1.96 bits per heavy atom. The second kappa shape index (κ2) is 6.27. The molecular weight excluding hydrogens is 318 g/mol. The zero-order valence-electron chi connectivity index (χ0n) is 14.7. The number of hydrogen-bond donors (Lipinski definition) is 0. The highest BCUT2D eigenvalue weighted by molar-refractivity contribution is 5.41. The summed E-state index contributed by atoms with van der Waals surface area (Å²) in [6, 6.07) is 2.03. The van der Waals surface area contributed by atoms with Crippen LogP contribution in [0.2, 0.25) is 0 Å². The van der Waals surface area contributed by atoms with Crippen LogP contribution < -0.4 is 4.90 Å². The number of rotatable bonds is 3. The summed E-state index contributed by atoms with van der Waals surface area (Å²) in [5.74, 6) is 3.21. The zero-order chi connectivity index (χ0) is 17.4. The van der Waals surface area contributed by atoms with Crippen LogP contribution in [0.15, 0.2) is 23.0 Å². The summed E-state index contributed by atoms with van der Waals surface area (Å²) in [6.45, 7) is 7.58. The van der Waals surface area contributed by atoms with Gasteiger partial charge in [-0.1, -0.05) is 5.16 Å². The number of anilines is 1. The van der Waals surface area contributed by atoms with E-state index in [0.717, 1.165) is 49.0 Å². The van der Waals surface area contributed by atoms with Gasteiger partial charge in [0.05, 0.1) is 24.0 Å². The lowest BCUT2D eigenvalue weighted by Gasteiger charge is -2.31. The van der Waals surface area contributed by atoms with Crippen molar-refractivity contribution >= 4 is 5.82 Å². The van der Waals surface area contributed by atoms with Crippen LogP contribution in [0.1, 0.15) is 41.9 Å².